The molecule has 8 nitrogen and oxygen atoms in total. The summed E-state index contributed by atoms with van der Waals surface area (Å²) in [5.74, 6) is 2.96. The van der Waals surface area contributed by atoms with E-state index in [1.165, 1.54) is 7.11 Å². The highest BCUT2D eigenvalue weighted by molar-refractivity contribution is 6.30. The second-order valence-corrected chi connectivity index (χ2v) is 8.74. The van der Waals surface area contributed by atoms with Crippen molar-refractivity contribution in [2.45, 2.75) is 38.8 Å². The molecule has 2 aliphatic rings. The second-order valence-electron chi connectivity index (χ2n) is 8.31. The van der Waals surface area contributed by atoms with Crippen LogP contribution < -0.4 is 4.90 Å². The monoisotopic (exact) mass is 452 g/mol. The van der Waals surface area contributed by atoms with Gasteiger partial charge in [-0.1, -0.05) is 17.7 Å². The lowest BCUT2D eigenvalue weighted by molar-refractivity contribution is 0.117. The molecule has 1 fully saturated rings. The Labute approximate surface area is 191 Å². The van der Waals surface area contributed by atoms with Crippen molar-refractivity contribution in [3.63, 3.8) is 0 Å². The maximum Gasteiger partial charge on any atom is 0.410 e. The van der Waals surface area contributed by atoms with E-state index in [0.717, 1.165) is 60.3 Å². The van der Waals surface area contributed by atoms with Gasteiger partial charge in [-0.25, -0.2) is 9.78 Å². The van der Waals surface area contributed by atoms with Crippen molar-refractivity contribution in [1.29, 1.82) is 0 Å². The van der Waals surface area contributed by atoms with E-state index in [2.05, 4.69) is 36.8 Å². The van der Waals surface area contributed by atoms with E-state index in [-0.39, 0.29) is 5.92 Å². The lowest BCUT2D eigenvalue weighted by atomic mass is 9.95. The number of ether oxygens (including phenoxy) is 1. The Kier molecular flexibility index (Phi) is 5.46. The summed E-state index contributed by atoms with van der Waals surface area (Å²) in [5, 5.41) is 9.69. The first-order valence-electron chi connectivity index (χ1n) is 10.8. The van der Waals surface area contributed by atoms with Crippen LogP contribution in [-0.2, 0) is 17.8 Å². The van der Waals surface area contributed by atoms with Crippen LogP contribution in [0.15, 0.2) is 36.4 Å². The molecule has 0 saturated carbocycles. The van der Waals surface area contributed by atoms with Crippen LogP contribution in [0.4, 0.5) is 10.6 Å². The van der Waals surface area contributed by atoms with Crippen LogP contribution in [0, 0.1) is 6.92 Å². The molecule has 0 unspecified atom stereocenters. The lowest BCUT2D eigenvalue weighted by Gasteiger charge is -2.32. The molecule has 0 aliphatic carbocycles. The number of carbonyl (C=O) groups is 1. The number of hydrogen-bond donors (Lipinski definition) is 0. The van der Waals surface area contributed by atoms with Gasteiger partial charge >= 0.3 is 6.09 Å². The third kappa shape index (κ3) is 3.79. The van der Waals surface area contributed by atoms with Crippen molar-refractivity contribution >= 4 is 23.5 Å². The number of aromatic nitrogens is 4. The molecule has 2 aromatic heterocycles. The van der Waals surface area contributed by atoms with Gasteiger partial charge in [0.2, 0.25) is 0 Å². The van der Waals surface area contributed by atoms with Crippen LogP contribution in [0.3, 0.4) is 0 Å². The number of fused-ring (bicyclic) bond motifs is 3. The molecule has 2 aliphatic heterocycles. The number of carbonyl (C=O) groups excluding carboxylic acids is 1. The summed E-state index contributed by atoms with van der Waals surface area (Å²) in [6, 6.07) is 11.9. The van der Waals surface area contributed by atoms with Crippen molar-refractivity contribution in [2.75, 3.05) is 25.1 Å². The molecule has 4 heterocycles. The Balaban J connectivity index is 1.45. The van der Waals surface area contributed by atoms with Gasteiger partial charge in [0.15, 0.2) is 5.82 Å². The third-order valence-corrected chi connectivity index (χ3v) is 6.46. The lowest BCUT2D eigenvalue weighted by Crippen LogP contribution is -2.34. The van der Waals surface area contributed by atoms with Crippen LogP contribution in [0.1, 0.15) is 41.7 Å². The number of piperidine rings is 1. The summed E-state index contributed by atoms with van der Waals surface area (Å²) < 4.78 is 7.09. The van der Waals surface area contributed by atoms with Gasteiger partial charge in [-0.3, -0.25) is 9.47 Å². The number of hydrogen-bond acceptors (Lipinski definition) is 6. The minimum absolute atomic E-state index is 0.269. The fourth-order valence-electron chi connectivity index (χ4n) is 4.62. The molecule has 0 spiro atoms. The van der Waals surface area contributed by atoms with Gasteiger partial charge in [-0.2, -0.15) is 0 Å². The van der Waals surface area contributed by atoms with Crippen molar-refractivity contribution < 1.29 is 9.53 Å². The molecule has 9 heteroatoms. The zero-order valence-electron chi connectivity index (χ0n) is 18.2. The van der Waals surface area contributed by atoms with E-state index in [1.807, 2.05) is 31.2 Å². The highest BCUT2D eigenvalue weighted by atomic mass is 35.5. The number of halogens is 1. The summed E-state index contributed by atoms with van der Waals surface area (Å²) in [4.78, 5) is 21.0. The summed E-state index contributed by atoms with van der Waals surface area (Å²) in [5.41, 5.74) is 2.94. The van der Waals surface area contributed by atoms with Crippen molar-refractivity contribution in [2.24, 2.45) is 0 Å². The molecule has 5 rings (SSSR count). The minimum Gasteiger partial charge on any atom is -0.453 e. The van der Waals surface area contributed by atoms with E-state index in [9.17, 15) is 4.79 Å². The van der Waals surface area contributed by atoms with Crippen molar-refractivity contribution in [3.8, 4) is 5.69 Å². The number of amides is 1. The van der Waals surface area contributed by atoms with E-state index >= 15 is 0 Å². The number of rotatable bonds is 2. The van der Waals surface area contributed by atoms with E-state index in [0.29, 0.717) is 18.1 Å². The average Bonchev–Trinajstić information content (AvgIpc) is 3.14. The Hall–Kier alpha value is -3.13. The largest absolute Gasteiger partial charge is 0.453 e. The van der Waals surface area contributed by atoms with Gasteiger partial charge in [0, 0.05) is 29.7 Å². The fourth-order valence-corrected chi connectivity index (χ4v) is 4.82. The zero-order valence-corrected chi connectivity index (χ0v) is 18.9. The van der Waals surface area contributed by atoms with Crippen LogP contribution in [0.25, 0.3) is 5.69 Å². The molecular weight excluding hydrogens is 428 g/mol. The standard InChI is InChI=1S/C23H25ClN6O2/c1-15-4-3-5-20(25-15)28-10-8-16(9-11-28)22-27-26-21-14-29(23(31)32-2)13-17-12-18(24)6-7-19(17)30(21)22/h3-7,12,16H,8-11,13-14H2,1-2H3. The number of pyridine rings is 1. The smallest absolute Gasteiger partial charge is 0.410 e. The van der Waals surface area contributed by atoms with Crippen LogP contribution >= 0.6 is 11.6 Å². The molecule has 1 saturated heterocycles. The number of methoxy groups -OCH3 is 1. The number of aryl methyl sites for hydroxylation is 1. The van der Waals surface area contributed by atoms with Gasteiger partial charge in [0.25, 0.3) is 0 Å². The average molecular weight is 453 g/mol. The quantitative estimate of drug-likeness (QED) is 0.583. The van der Waals surface area contributed by atoms with Crippen LogP contribution in [0.2, 0.25) is 5.02 Å². The first-order valence-corrected chi connectivity index (χ1v) is 11.2. The Morgan fingerprint density at radius 1 is 1.12 bits per heavy atom. The maximum absolute atomic E-state index is 12.3. The first-order chi connectivity index (χ1) is 15.5. The SMILES string of the molecule is COC(=O)N1Cc2cc(Cl)ccc2-n2c(nnc2C2CCN(c3cccc(C)n3)CC2)C1. The molecule has 0 atom stereocenters. The molecule has 0 N–H and O–H groups in total. The van der Waals surface area contributed by atoms with Crippen LogP contribution in [0.5, 0.6) is 0 Å². The predicted octanol–water partition coefficient (Wildman–Crippen LogP) is 4.09. The molecule has 0 radical (unpaired) electrons. The summed E-state index contributed by atoms with van der Waals surface area (Å²) >= 11 is 6.28. The fraction of sp³-hybridized carbons (Fsp3) is 0.391. The van der Waals surface area contributed by atoms with Gasteiger partial charge in [-0.05, 0) is 55.7 Å². The van der Waals surface area contributed by atoms with Gasteiger partial charge in [-0.15, -0.1) is 10.2 Å². The summed E-state index contributed by atoms with van der Waals surface area (Å²) in [6.45, 7) is 4.57. The molecule has 1 aromatic carbocycles. The Bertz CT molecular complexity index is 1160. The zero-order chi connectivity index (χ0) is 22.2. The highest BCUT2D eigenvalue weighted by Gasteiger charge is 2.31. The molecule has 1 amide bonds. The van der Waals surface area contributed by atoms with Crippen LogP contribution in [-0.4, -0.2) is 50.9 Å². The maximum atomic E-state index is 12.3. The molecule has 0 bridgehead atoms. The van der Waals surface area contributed by atoms with Crippen molar-refractivity contribution in [3.05, 3.63) is 64.3 Å². The molecular formula is C23H25ClN6O2. The second kappa shape index (κ2) is 8.43. The summed E-state index contributed by atoms with van der Waals surface area (Å²) in [6.07, 6.45) is 1.52. The topological polar surface area (TPSA) is 76.4 Å². The Morgan fingerprint density at radius 3 is 2.69 bits per heavy atom. The summed E-state index contributed by atoms with van der Waals surface area (Å²) in [7, 11) is 1.39. The molecule has 3 aromatic rings. The van der Waals surface area contributed by atoms with Gasteiger partial charge in [0.05, 0.1) is 25.9 Å². The molecule has 166 valence electrons. The predicted molar refractivity (Wildman–Crippen MR) is 121 cm³/mol. The Morgan fingerprint density at radius 2 is 1.94 bits per heavy atom. The molecule has 32 heavy (non-hydrogen) atoms. The first kappa shape index (κ1) is 20.8. The number of anilines is 1. The minimum atomic E-state index is -0.395. The highest BCUT2D eigenvalue weighted by Crippen LogP contribution is 2.34. The van der Waals surface area contributed by atoms with E-state index in [4.69, 9.17) is 16.3 Å². The normalized spacial score (nSPS) is 16.3. The third-order valence-electron chi connectivity index (χ3n) is 6.22. The van der Waals surface area contributed by atoms with Gasteiger partial charge in [0.1, 0.15) is 11.6 Å². The van der Waals surface area contributed by atoms with E-state index in [1.54, 1.807) is 4.90 Å². The van der Waals surface area contributed by atoms with E-state index < -0.39 is 6.09 Å². The van der Waals surface area contributed by atoms with Gasteiger partial charge < -0.3 is 9.64 Å². The number of nitrogens with zero attached hydrogens (tertiary/aromatic N) is 6. The number of benzene rings is 1. The van der Waals surface area contributed by atoms with Crippen molar-refractivity contribution in [1.82, 2.24) is 24.6 Å².